The van der Waals surface area contributed by atoms with Crippen LogP contribution in [0.1, 0.15) is 33.3 Å². The summed E-state index contributed by atoms with van der Waals surface area (Å²) in [6, 6.07) is 6.08. The van der Waals surface area contributed by atoms with Crippen LogP contribution in [0.2, 0.25) is 0 Å². The number of methoxy groups -OCH3 is 1. The fourth-order valence-electron chi connectivity index (χ4n) is 4.30. The molecule has 0 atom stereocenters. The highest BCUT2D eigenvalue weighted by molar-refractivity contribution is 5.76. The third kappa shape index (κ3) is 5.48. The summed E-state index contributed by atoms with van der Waals surface area (Å²) in [5.41, 5.74) is 1.41. The first-order chi connectivity index (χ1) is 17.7. The van der Waals surface area contributed by atoms with Crippen LogP contribution in [0.5, 0.6) is 5.88 Å². The molecule has 0 saturated carbocycles. The maximum Gasteiger partial charge on any atom is 0.235 e. The fourth-order valence-corrected chi connectivity index (χ4v) is 4.30. The normalized spacial score (nSPS) is 13.4. The molecule has 0 fully saturated rings. The average Bonchev–Trinajstić information content (AvgIpc) is 3.16. The molecular weight excluding hydrogens is 478 g/mol. The van der Waals surface area contributed by atoms with Crippen LogP contribution in [-0.2, 0) is 5.41 Å². The number of benzene rings is 1. The van der Waals surface area contributed by atoms with E-state index in [9.17, 15) is 8.78 Å². The third-order valence-electron chi connectivity index (χ3n) is 6.02. The third-order valence-corrected chi connectivity index (χ3v) is 6.02. The maximum atomic E-state index is 14.8. The van der Waals surface area contributed by atoms with E-state index in [1.807, 2.05) is 27.7 Å². The minimum Gasteiger partial charge on any atom is -0.480 e. The second-order valence-corrected chi connectivity index (χ2v) is 9.24. The molecule has 0 spiro atoms. The van der Waals surface area contributed by atoms with Gasteiger partial charge in [-0.15, -0.1) is 17.9 Å². The topological polar surface area (TPSA) is 91.3 Å². The molecule has 0 radical (unpaired) electrons. The van der Waals surface area contributed by atoms with Gasteiger partial charge in [-0.3, -0.25) is 0 Å². The number of rotatable bonds is 8. The van der Waals surface area contributed by atoms with Gasteiger partial charge in [-0.1, -0.05) is 19.9 Å². The number of aromatic nitrogens is 4. The number of anilines is 5. The van der Waals surface area contributed by atoms with E-state index in [4.69, 9.17) is 9.72 Å². The predicted octanol–water partition coefficient (Wildman–Crippen LogP) is 4.56. The Morgan fingerprint density at radius 2 is 1.95 bits per heavy atom. The molecule has 0 bridgehead atoms. The van der Waals surface area contributed by atoms with Crippen molar-refractivity contribution in [3.63, 3.8) is 0 Å². The molecule has 0 aliphatic carbocycles. The van der Waals surface area contributed by atoms with Crippen LogP contribution in [0, 0.1) is 24.5 Å². The molecule has 0 saturated heterocycles. The first-order valence-electron chi connectivity index (χ1n) is 11.7. The van der Waals surface area contributed by atoms with Crippen LogP contribution in [0.3, 0.4) is 0 Å². The lowest BCUT2D eigenvalue weighted by molar-refractivity contribution is 0.392. The zero-order valence-electron chi connectivity index (χ0n) is 21.9. The van der Waals surface area contributed by atoms with Crippen LogP contribution in [-0.4, -0.2) is 53.6 Å². The van der Waals surface area contributed by atoms with Crippen LogP contribution < -0.4 is 25.2 Å². The summed E-state index contributed by atoms with van der Waals surface area (Å²) in [6.07, 6.45) is 9.66. The molecule has 196 valence electrons. The zero-order chi connectivity index (χ0) is 27.3. The van der Waals surface area contributed by atoms with Gasteiger partial charge < -0.3 is 25.2 Å². The van der Waals surface area contributed by atoms with E-state index >= 15 is 0 Å². The monoisotopic (exact) mass is 510 g/mol. The highest BCUT2D eigenvalue weighted by atomic mass is 19.2. The summed E-state index contributed by atoms with van der Waals surface area (Å²) in [6.45, 7) is 8.96. The summed E-state index contributed by atoms with van der Waals surface area (Å²) in [7, 11) is 3.32. The second-order valence-electron chi connectivity index (χ2n) is 9.24. The number of ether oxygens (including phenoxy) is 1. The second kappa shape index (κ2) is 11.2. The number of halogens is 2. The molecule has 3 aromatic rings. The molecule has 1 aliphatic heterocycles. The van der Waals surface area contributed by atoms with Gasteiger partial charge in [0.2, 0.25) is 11.8 Å². The Morgan fingerprint density at radius 3 is 2.59 bits per heavy atom. The van der Waals surface area contributed by atoms with Crippen molar-refractivity contribution < 1.29 is 13.5 Å². The summed E-state index contributed by atoms with van der Waals surface area (Å²) in [5.74, 6) is 0.126. The molecule has 0 unspecified atom stereocenters. The molecule has 4 rings (SSSR count). The largest absolute Gasteiger partial charge is 0.480 e. The number of terminal acetylenes is 1. The Hall–Kier alpha value is -4.20. The summed E-state index contributed by atoms with van der Waals surface area (Å²) in [4.78, 5) is 13.2. The Morgan fingerprint density at radius 1 is 1.22 bits per heavy atom. The molecule has 11 heteroatoms. The van der Waals surface area contributed by atoms with Crippen molar-refractivity contribution in [3.05, 3.63) is 47.7 Å². The molecule has 1 aromatic carbocycles. The minimum atomic E-state index is -0.902. The van der Waals surface area contributed by atoms with Crippen molar-refractivity contribution >= 4 is 29.0 Å². The predicted molar refractivity (Wildman–Crippen MR) is 143 cm³/mol. The van der Waals surface area contributed by atoms with Crippen LogP contribution in [0.4, 0.5) is 37.7 Å². The quantitative estimate of drug-likeness (QED) is 0.334. The van der Waals surface area contributed by atoms with Gasteiger partial charge in [0.1, 0.15) is 11.6 Å². The summed E-state index contributed by atoms with van der Waals surface area (Å²) in [5, 5.41) is 14.4. The highest BCUT2D eigenvalue weighted by Crippen LogP contribution is 2.47. The van der Waals surface area contributed by atoms with E-state index < -0.39 is 17.0 Å². The van der Waals surface area contributed by atoms with E-state index in [1.54, 1.807) is 30.3 Å². The molecule has 9 nitrogen and oxygen atoms in total. The van der Waals surface area contributed by atoms with Gasteiger partial charge in [-0.2, -0.15) is 15.1 Å². The number of hydrogen-bond donors (Lipinski definition) is 2. The van der Waals surface area contributed by atoms with Crippen molar-refractivity contribution in [2.45, 2.75) is 39.2 Å². The standard InChI is InChI=1S/C24H30F2N8O.C2H2/c1-14(2)34(15-10-18(35-6)32-29-11-15)13-28-23-30-21(27-5)19-22(31-23)33(12-24(19,3)4)17-9-7-8-16(25)20(17)26;1-2/h7-11,14H,12-13H2,1-6H3,(H2,27,28,30,31);1-2H. The number of nitrogens with zero attached hydrogens (tertiary/aromatic N) is 6. The lowest BCUT2D eigenvalue weighted by atomic mass is 9.88. The Labute approximate surface area is 216 Å². The lowest BCUT2D eigenvalue weighted by Gasteiger charge is -2.29. The lowest BCUT2D eigenvalue weighted by Crippen LogP contribution is -2.36. The van der Waals surface area contributed by atoms with Crippen LogP contribution in [0.25, 0.3) is 0 Å². The maximum absolute atomic E-state index is 14.8. The van der Waals surface area contributed by atoms with Crippen molar-refractivity contribution in [2.75, 3.05) is 47.8 Å². The van der Waals surface area contributed by atoms with E-state index in [1.165, 1.54) is 13.2 Å². The number of hydrogen-bond acceptors (Lipinski definition) is 9. The fraction of sp³-hybridized carbons (Fsp3) is 0.385. The Balaban J connectivity index is 0.00000186. The molecular formula is C26H32F2N8O. The van der Waals surface area contributed by atoms with Crippen molar-refractivity contribution in [1.29, 1.82) is 0 Å². The van der Waals surface area contributed by atoms with Gasteiger partial charge in [-0.05, 0) is 26.0 Å². The Kier molecular flexibility index (Phi) is 8.32. The molecule has 1 aliphatic rings. The molecule has 2 N–H and O–H groups in total. The minimum absolute atomic E-state index is 0.117. The van der Waals surface area contributed by atoms with Gasteiger partial charge in [0.15, 0.2) is 11.6 Å². The van der Waals surface area contributed by atoms with Crippen molar-refractivity contribution in [2.24, 2.45) is 0 Å². The van der Waals surface area contributed by atoms with Crippen LogP contribution >= 0.6 is 0 Å². The Bertz CT molecular complexity index is 1260. The SMILES string of the molecule is C#C.CNc1nc(NCN(c2cnnc(OC)c2)C(C)C)nc2c1C(C)(C)CN2c1cccc(F)c1F. The molecule has 2 aromatic heterocycles. The van der Waals surface area contributed by atoms with Gasteiger partial charge in [0.05, 0.1) is 31.4 Å². The smallest absolute Gasteiger partial charge is 0.235 e. The van der Waals surface area contributed by atoms with E-state index in [-0.39, 0.29) is 11.7 Å². The van der Waals surface area contributed by atoms with Crippen molar-refractivity contribution in [1.82, 2.24) is 20.2 Å². The van der Waals surface area contributed by atoms with Gasteiger partial charge in [-0.25, -0.2) is 8.78 Å². The number of fused-ring (bicyclic) bond motifs is 1. The molecule has 0 amide bonds. The molecule has 3 heterocycles. The zero-order valence-corrected chi connectivity index (χ0v) is 21.9. The van der Waals surface area contributed by atoms with Crippen molar-refractivity contribution in [3.8, 4) is 18.7 Å². The first kappa shape index (κ1) is 27.4. The summed E-state index contributed by atoms with van der Waals surface area (Å²) < 4.78 is 34.0. The molecule has 37 heavy (non-hydrogen) atoms. The van der Waals surface area contributed by atoms with E-state index in [0.29, 0.717) is 36.7 Å². The average molecular weight is 511 g/mol. The summed E-state index contributed by atoms with van der Waals surface area (Å²) >= 11 is 0. The first-order valence-corrected chi connectivity index (χ1v) is 11.7. The van der Waals surface area contributed by atoms with Gasteiger partial charge >= 0.3 is 0 Å². The van der Waals surface area contributed by atoms with E-state index in [0.717, 1.165) is 17.3 Å². The van der Waals surface area contributed by atoms with Gasteiger partial charge in [0, 0.05) is 36.7 Å². The van der Waals surface area contributed by atoms with Crippen LogP contribution in [0.15, 0.2) is 30.5 Å². The van der Waals surface area contributed by atoms with Gasteiger partial charge in [0.25, 0.3) is 0 Å². The number of nitrogens with one attached hydrogen (secondary N) is 2. The highest BCUT2D eigenvalue weighted by Gasteiger charge is 2.41. The van der Waals surface area contributed by atoms with E-state index in [2.05, 4.69) is 43.6 Å².